The van der Waals surface area contributed by atoms with Gasteiger partial charge in [0, 0.05) is 6.54 Å². The summed E-state index contributed by atoms with van der Waals surface area (Å²) in [7, 11) is -3.36. The number of hydrogen-bond acceptors (Lipinski definition) is 3. The van der Waals surface area contributed by atoms with E-state index in [9.17, 15) is 8.42 Å². The summed E-state index contributed by atoms with van der Waals surface area (Å²) in [6, 6.07) is 7.23. The number of hydrogen-bond donors (Lipinski definition) is 2. The molecule has 1 aromatic carbocycles. The molecule has 0 saturated heterocycles. The van der Waals surface area contributed by atoms with E-state index in [2.05, 4.69) is 4.72 Å². The average molecular weight is 228 g/mol. The normalized spacial score (nSPS) is 13.5. The van der Waals surface area contributed by atoms with Crippen molar-refractivity contribution in [2.75, 3.05) is 11.3 Å². The van der Waals surface area contributed by atoms with Gasteiger partial charge < -0.3 is 5.73 Å². The van der Waals surface area contributed by atoms with E-state index in [0.717, 1.165) is 5.56 Å². The van der Waals surface area contributed by atoms with Crippen LogP contribution in [0.1, 0.15) is 12.5 Å². The van der Waals surface area contributed by atoms with Crippen LogP contribution < -0.4 is 10.5 Å². The molecule has 1 unspecified atom stereocenters. The van der Waals surface area contributed by atoms with Gasteiger partial charge in [0.2, 0.25) is 10.0 Å². The van der Waals surface area contributed by atoms with Crippen LogP contribution in [0.2, 0.25) is 0 Å². The Morgan fingerprint density at radius 2 is 2.00 bits per heavy atom. The summed E-state index contributed by atoms with van der Waals surface area (Å²) in [6.45, 7) is 3.55. The van der Waals surface area contributed by atoms with E-state index in [-0.39, 0.29) is 6.54 Å². The fourth-order valence-corrected chi connectivity index (χ4v) is 2.06. The smallest absolute Gasteiger partial charge is 0.236 e. The highest BCUT2D eigenvalue weighted by Gasteiger charge is 2.19. The second-order valence-electron chi connectivity index (χ2n) is 3.51. The molecule has 5 heteroatoms. The van der Waals surface area contributed by atoms with Crippen LogP contribution in [0.3, 0.4) is 0 Å². The first-order valence-corrected chi connectivity index (χ1v) is 6.29. The number of nitrogens with one attached hydrogen (secondary N) is 1. The van der Waals surface area contributed by atoms with Gasteiger partial charge in [-0.25, -0.2) is 8.42 Å². The molecule has 0 aliphatic carbocycles. The number of nitrogens with two attached hydrogens (primary N) is 1. The first-order valence-electron chi connectivity index (χ1n) is 4.74. The van der Waals surface area contributed by atoms with E-state index in [1.165, 1.54) is 0 Å². The zero-order valence-corrected chi connectivity index (χ0v) is 9.71. The Morgan fingerprint density at radius 1 is 1.40 bits per heavy atom. The van der Waals surface area contributed by atoms with Crippen molar-refractivity contribution in [2.24, 2.45) is 5.73 Å². The Hall–Kier alpha value is -1.07. The van der Waals surface area contributed by atoms with Crippen LogP contribution >= 0.6 is 0 Å². The minimum absolute atomic E-state index is 0.112. The predicted octanol–water partition coefficient (Wildman–Crippen LogP) is 1.08. The highest BCUT2D eigenvalue weighted by Crippen LogP contribution is 2.16. The van der Waals surface area contributed by atoms with Crippen LogP contribution in [0.25, 0.3) is 0 Å². The molecular weight excluding hydrogens is 212 g/mol. The standard InChI is InChI=1S/C10H16N2O2S/c1-8-5-3-4-6-10(8)12-15(13,14)9(2)7-11/h3-6,9,12H,7,11H2,1-2H3. The fourth-order valence-electron chi connectivity index (χ4n) is 1.07. The van der Waals surface area contributed by atoms with E-state index >= 15 is 0 Å². The summed E-state index contributed by atoms with van der Waals surface area (Å²) in [6.07, 6.45) is 0. The van der Waals surface area contributed by atoms with Gasteiger partial charge in [-0.15, -0.1) is 0 Å². The van der Waals surface area contributed by atoms with Crippen molar-refractivity contribution in [3.05, 3.63) is 29.8 Å². The number of para-hydroxylation sites is 1. The van der Waals surface area contributed by atoms with Crippen molar-refractivity contribution in [1.29, 1.82) is 0 Å². The lowest BCUT2D eigenvalue weighted by atomic mass is 10.2. The second kappa shape index (κ2) is 4.63. The highest BCUT2D eigenvalue weighted by molar-refractivity contribution is 7.93. The second-order valence-corrected chi connectivity index (χ2v) is 5.61. The van der Waals surface area contributed by atoms with Gasteiger partial charge in [-0.3, -0.25) is 4.72 Å². The summed E-state index contributed by atoms with van der Waals surface area (Å²) in [4.78, 5) is 0. The first kappa shape index (κ1) is 12.0. The Bertz CT molecular complexity index is 429. The third kappa shape index (κ3) is 2.94. The molecule has 1 atom stereocenters. The van der Waals surface area contributed by atoms with Gasteiger partial charge in [0.05, 0.1) is 10.9 Å². The molecule has 15 heavy (non-hydrogen) atoms. The topological polar surface area (TPSA) is 72.2 Å². The SMILES string of the molecule is Cc1ccccc1NS(=O)(=O)C(C)CN. The van der Waals surface area contributed by atoms with Crippen LogP contribution in [0.5, 0.6) is 0 Å². The van der Waals surface area contributed by atoms with Crippen LogP contribution in [0, 0.1) is 6.92 Å². The van der Waals surface area contributed by atoms with Gasteiger partial charge in [-0.2, -0.15) is 0 Å². The molecule has 0 amide bonds. The molecule has 0 aliphatic rings. The molecule has 1 aromatic rings. The van der Waals surface area contributed by atoms with E-state index in [4.69, 9.17) is 5.73 Å². The summed E-state index contributed by atoms with van der Waals surface area (Å²) < 4.78 is 25.9. The lowest BCUT2D eigenvalue weighted by molar-refractivity contribution is 0.589. The van der Waals surface area contributed by atoms with E-state index in [1.54, 1.807) is 19.1 Å². The van der Waals surface area contributed by atoms with Crippen LogP contribution in [-0.2, 0) is 10.0 Å². The third-order valence-corrected chi connectivity index (χ3v) is 4.02. The van der Waals surface area contributed by atoms with E-state index in [0.29, 0.717) is 5.69 Å². The zero-order chi connectivity index (χ0) is 11.5. The summed E-state index contributed by atoms with van der Waals surface area (Å²) in [5.41, 5.74) is 6.83. The molecule has 4 nitrogen and oxygen atoms in total. The molecule has 1 rings (SSSR count). The first-order chi connectivity index (χ1) is 6.97. The summed E-state index contributed by atoms with van der Waals surface area (Å²) in [5, 5.41) is -0.586. The Balaban J connectivity index is 2.92. The average Bonchev–Trinajstić information content (AvgIpc) is 2.20. The van der Waals surface area contributed by atoms with Gasteiger partial charge in [0.25, 0.3) is 0 Å². The van der Waals surface area contributed by atoms with Gasteiger partial charge in [0.15, 0.2) is 0 Å². The van der Waals surface area contributed by atoms with Crippen molar-refractivity contribution in [3.8, 4) is 0 Å². The molecule has 0 aliphatic heterocycles. The minimum atomic E-state index is -3.36. The molecule has 0 spiro atoms. The van der Waals surface area contributed by atoms with E-state index in [1.807, 2.05) is 19.1 Å². The molecule has 0 saturated carbocycles. The van der Waals surface area contributed by atoms with Crippen molar-refractivity contribution >= 4 is 15.7 Å². The molecule has 0 radical (unpaired) electrons. The van der Waals surface area contributed by atoms with Crippen LogP contribution in [-0.4, -0.2) is 20.2 Å². The number of rotatable bonds is 4. The number of aryl methyl sites for hydroxylation is 1. The van der Waals surface area contributed by atoms with Gasteiger partial charge >= 0.3 is 0 Å². The van der Waals surface area contributed by atoms with Crippen LogP contribution in [0.4, 0.5) is 5.69 Å². The van der Waals surface area contributed by atoms with Crippen LogP contribution in [0.15, 0.2) is 24.3 Å². The maximum Gasteiger partial charge on any atom is 0.236 e. The Kier molecular flexibility index (Phi) is 3.71. The molecule has 0 bridgehead atoms. The van der Waals surface area contributed by atoms with Gasteiger partial charge in [0.1, 0.15) is 0 Å². The van der Waals surface area contributed by atoms with Gasteiger partial charge in [-0.05, 0) is 25.5 Å². The lowest BCUT2D eigenvalue weighted by Crippen LogP contribution is -2.31. The van der Waals surface area contributed by atoms with Crippen molar-refractivity contribution in [1.82, 2.24) is 0 Å². The molecule has 0 fully saturated rings. The van der Waals surface area contributed by atoms with Crippen molar-refractivity contribution in [2.45, 2.75) is 19.1 Å². The number of sulfonamides is 1. The molecule has 84 valence electrons. The fraction of sp³-hybridized carbons (Fsp3) is 0.400. The Labute approximate surface area is 90.5 Å². The lowest BCUT2D eigenvalue weighted by Gasteiger charge is -2.14. The summed E-state index contributed by atoms with van der Waals surface area (Å²) in [5.74, 6) is 0. The minimum Gasteiger partial charge on any atom is -0.329 e. The number of benzene rings is 1. The van der Waals surface area contributed by atoms with E-state index < -0.39 is 15.3 Å². The maximum absolute atomic E-state index is 11.7. The predicted molar refractivity (Wildman–Crippen MR) is 62.2 cm³/mol. The Morgan fingerprint density at radius 3 is 2.53 bits per heavy atom. The maximum atomic E-state index is 11.7. The molecule has 0 aromatic heterocycles. The molecule has 0 heterocycles. The quantitative estimate of drug-likeness (QED) is 0.810. The third-order valence-electron chi connectivity index (χ3n) is 2.26. The van der Waals surface area contributed by atoms with Gasteiger partial charge in [-0.1, -0.05) is 18.2 Å². The molecular formula is C10H16N2O2S. The molecule has 3 N–H and O–H groups in total. The zero-order valence-electron chi connectivity index (χ0n) is 8.90. The number of anilines is 1. The highest BCUT2D eigenvalue weighted by atomic mass is 32.2. The largest absolute Gasteiger partial charge is 0.329 e. The summed E-state index contributed by atoms with van der Waals surface area (Å²) >= 11 is 0. The van der Waals surface area contributed by atoms with Crippen molar-refractivity contribution < 1.29 is 8.42 Å². The monoisotopic (exact) mass is 228 g/mol. The van der Waals surface area contributed by atoms with Crippen molar-refractivity contribution in [3.63, 3.8) is 0 Å².